The molecule has 0 unspecified atom stereocenters. The predicted molar refractivity (Wildman–Crippen MR) is 113 cm³/mol. The van der Waals surface area contributed by atoms with Crippen LogP contribution in [-0.2, 0) is 6.42 Å². The molecule has 1 aromatic heterocycles. The van der Waals surface area contributed by atoms with Crippen molar-refractivity contribution in [3.05, 3.63) is 83.2 Å². The smallest absolute Gasteiger partial charge is 0.257 e. The number of amides is 1. The van der Waals surface area contributed by atoms with Crippen molar-refractivity contribution >= 4 is 17.3 Å². The number of benzene rings is 2. The van der Waals surface area contributed by atoms with Gasteiger partial charge in [0.15, 0.2) is 0 Å². The molecule has 1 amide bonds. The summed E-state index contributed by atoms with van der Waals surface area (Å²) < 4.78 is 5.38. The Hall–Kier alpha value is -3.34. The minimum Gasteiger partial charge on any atom is -0.496 e. The molecule has 5 heteroatoms. The lowest BCUT2D eigenvalue weighted by molar-refractivity contribution is 0.102. The number of anilines is 2. The molecule has 0 spiro atoms. The Labute approximate surface area is 165 Å². The maximum absolute atomic E-state index is 12.6. The highest BCUT2D eigenvalue weighted by Crippen LogP contribution is 2.19. The molecule has 0 fully saturated rings. The van der Waals surface area contributed by atoms with E-state index < -0.39 is 0 Å². The summed E-state index contributed by atoms with van der Waals surface area (Å²) in [5, 5.41) is 6.26. The van der Waals surface area contributed by atoms with E-state index in [4.69, 9.17) is 4.74 Å². The Balaban J connectivity index is 1.62. The molecule has 2 aromatic carbocycles. The molecule has 0 aliphatic heterocycles. The van der Waals surface area contributed by atoms with Crippen LogP contribution in [0.3, 0.4) is 0 Å². The van der Waals surface area contributed by atoms with Crippen LogP contribution in [0, 0.1) is 13.8 Å². The number of hydrogen-bond acceptors (Lipinski definition) is 4. The Kier molecular flexibility index (Phi) is 6.27. The number of nitrogens with zero attached hydrogens (tertiary/aromatic N) is 1. The molecule has 1 heterocycles. The van der Waals surface area contributed by atoms with Gasteiger partial charge in [-0.15, -0.1) is 0 Å². The maximum Gasteiger partial charge on any atom is 0.257 e. The second kappa shape index (κ2) is 9.04. The molecule has 0 atom stereocenters. The number of methoxy groups -OCH3 is 1. The second-order valence-corrected chi connectivity index (χ2v) is 6.78. The minimum atomic E-state index is -0.175. The van der Waals surface area contributed by atoms with Gasteiger partial charge >= 0.3 is 0 Å². The Bertz CT molecular complexity index is 949. The van der Waals surface area contributed by atoms with Gasteiger partial charge in [0.2, 0.25) is 0 Å². The molecule has 3 rings (SSSR count). The molecule has 0 saturated carbocycles. The van der Waals surface area contributed by atoms with Gasteiger partial charge in [-0.3, -0.25) is 9.78 Å². The van der Waals surface area contributed by atoms with E-state index in [0.717, 1.165) is 40.2 Å². The molecule has 0 saturated heterocycles. The number of carbonyl (C=O) groups is 1. The molecular formula is C23H25N3O2. The van der Waals surface area contributed by atoms with Crippen molar-refractivity contribution in [2.45, 2.75) is 20.3 Å². The van der Waals surface area contributed by atoms with Crippen LogP contribution < -0.4 is 15.4 Å². The fraction of sp³-hybridized carbons (Fsp3) is 0.217. The zero-order valence-electron chi connectivity index (χ0n) is 16.5. The van der Waals surface area contributed by atoms with Gasteiger partial charge < -0.3 is 15.4 Å². The molecule has 0 aliphatic carbocycles. The van der Waals surface area contributed by atoms with Crippen molar-refractivity contribution in [1.29, 1.82) is 0 Å². The van der Waals surface area contributed by atoms with Crippen LogP contribution in [0.1, 0.15) is 27.0 Å². The fourth-order valence-electron chi connectivity index (χ4n) is 3.16. The first kappa shape index (κ1) is 19.4. The summed E-state index contributed by atoms with van der Waals surface area (Å²) >= 11 is 0. The topological polar surface area (TPSA) is 63.2 Å². The van der Waals surface area contributed by atoms with E-state index in [-0.39, 0.29) is 5.91 Å². The first-order valence-corrected chi connectivity index (χ1v) is 9.25. The lowest BCUT2D eigenvalue weighted by Crippen LogP contribution is -2.13. The molecule has 0 radical (unpaired) electrons. The Morgan fingerprint density at radius 3 is 2.50 bits per heavy atom. The van der Waals surface area contributed by atoms with E-state index in [2.05, 4.69) is 21.7 Å². The highest BCUT2D eigenvalue weighted by molar-refractivity contribution is 6.04. The predicted octanol–water partition coefficient (Wildman–Crippen LogP) is 4.61. The Morgan fingerprint density at radius 1 is 1.00 bits per heavy atom. The van der Waals surface area contributed by atoms with E-state index >= 15 is 0 Å². The van der Waals surface area contributed by atoms with E-state index in [9.17, 15) is 4.79 Å². The normalized spacial score (nSPS) is 10.4. The second-order valence-electron chi connectivity index (χ2n) is 6.78. The summed E-state index contributed by atoms with van der Waals surface area (Å²) in [4.78, 5) is 16.8. The van der Waals surface area contributed by atoms with Crippen molar-refractivity contribution < 1.29 is 9.53 Å². The highest BCUT2D eigenvalue weighted by atomic mass is 16.5. The number of aryl methyl sites for hydroxylation is 2. The molecule has 28 heavy (non-hydrogen) atoms. The summed E-state index contributed by atoms with van der Waals surface area (Å²) in [7, 11) is 1.67. The largest absolute Gasteiger partial charge is 0.496 e. The Morgan fingerprint density at radius 2 is 1.75 bits per heavy atom. The third-order valence-electron chi connectivity index (χ3n) is 4.40. The van der Waals surface area contributed by atoms with E-state index in [1.807, 2.05) is 56.3 Å². The maximum atomic E-state index is 12.6. The van der Waals surface area contributed by atoms with Crippen molar-refractivity contribution in [3.63, 3.8) is 0 Å². The van der Waals surface area contributed by atoms with Crippen molar-refractivity contribution in [1.82, 2.24) is 4.98 Å². The summed E-state index contributed by atoms with van der Waals surface area (Å²) in [6, 6.07) is 15.7. The van der Waals surface area contributed by atoms with Crippen LogP contribution in [0.25, 0.3) is 0 Å². The molecule has 144 valence electrons. The standard InChI is InChI=1S/C23H25N3O2/c1-16-10-17(2)12-20(11-16)26-23(27)19-13-21(15-24-14-19)25-9-8-18-6-4-5-7-22(18)28-3/h4-7,10-15,25H,8-9H2,1-3H3,(H,26,27). The van der Waals surface area contributed by atoms with Gasteiger partial charge in [-0.2, -0.15) is 0 Å². The average Bonchev–Trinajstić information content (AvgIpc) is 2.68. The monoisotopic (exact) mass is 375 g/mol. The number of aromatic nitrogens is 1. The molecule has 3 aromatic rings. The molecule has 0 aliphatic rings. The van der Waals surface area contributed by atoms with Crippen molar-refractivity contribution in [2.75, 3.05) is 24.3 Å². The third-order valence-corrected chi connectivity index (χ3v) is 4.40. The number of para-hydroxylation sites is 1. The van der Waals surface area contributed by atoms with Crippen LogP contribution in [-0.4, -0.2) is 24.5 Å². The van der Waals surface area contributed by atoms with Gasteiger partial charge in [0.25, 0.3) is 5.91 Å². The van der Waals surface area contributed by atoms with Gasteiger partial charge in [0.1, 0.15) is 5.75 Å². The van der Waals surface area contributed by atoms with Gasteiger partial charge in [0, 0.05) is 24.6 Å². The first-order valence-electron chi connectivity index (χ1n) is 9.25. The zero-order valence-corrected chi connectivity index (χ0v) is 16.5. The molecular weight excluding hydrogens is 350 g/mol. The highest BCUT2D eigenvalue weighted by Gasteiger charge is 2.09. The van der Waals surface area contributed by atoms with Gasteiger partial charge in [-0.05, 0) is 61.2 Å². The summed E-state index contributed by atoms with van der Waals surface area (Å²) in [6.07, 6.45) is 4.10. The number of nitrogens with one attached hydrogen (secondary N) is 2. The lowest BCUT2D eigenvalue weighted by atomic mass is 10.1. The molecule has 2 N–H and O–H groups in total. The fourth-order valence-corrected chi connectivity index (χ4v) is 3.16. The quantitative estimate of drug-likeness (QED) is 0.633. The van der Waals surface area contributed by atoms with Crippen LogP contribution in [0.4, 0.5) is 11.4 Å². The molecule has 0 bridgehead atoms. The van der Waals surface area contributed by atoms with Crippen molar-refractivity contribution in [2.24, 2.45) is 0 Å². The number of pyridine rings is 1. The zero-order chi connectivity index (χ0) is 19.9. The average molecular weight is 375 g/mol. The lowest BCUT2D eigenvalue weighted by Gasteiger charge is -2.11. The van der Waals surface area contributed by atoms with E-state index in [0.29, 0.717) is 12.1 Å². The summed E-state index contributed by atoms with van der Waals surface area (Å²) in [5.74, 6) is 0.704. The van der Waals surface area contributed by atoms with Gasteiger partial charge in [-0.1, -0.05) is 24.3 Å². The van der Waals surface area contributed by atoms with E-state index in [1.165, 1.54) is 0 Å². The summed E-state index contributed by atoms with van der Waals surface area (Å²) in [5.41, 5.74) is 5.47. The molecule has 5 nitrogen and oxygen atoms in total. The van der Waals surface area contributed by atoms with Crippen LogP contribution >= 0.6 is 0 Å². The van der Waals surface area contributed by atoms with Gasteiger partial charge in [0.05, 0.1) is 18.4 Å². The number of rotatable bonds is 7. The van der Waals surface area contributed by atoms with Crippen LogP contribution in [0.15, 0.2) is 60.9 Å². The number of ether oxygens (including phenoxy) is 1. The van der Waals surface area contributed by atoms with Crippen molar-refractivity contribution in [3.8, 4) is 5.75 Å². The van der Waals surface area contributed by atoms with Crippen LogP contribution in [0.2, 0.25) is 0 Å². The SMILES string of the molecule is COc1ccccc1CCNc1cncc(C(=O)Nc2cc(C)cc(C)c2)c1. The van der Waals surface area contributed by atoms with Gasteiger partial charge in [-0.25, -0.2) is 0 Å². The van der Waals surface area contributed by atoms with Crippen LogP contribution in [0.5, 0.6) is 5.75 Å². The minimum absolute atomic E-state index is 0.175. The first-order chi connectivity index (χ1) is 13.5. The third kappa shape index (κ3) is 5.10. The number of carbonyl (C=O) groups excluding carboxylic acids is 1. The van der Waals surface area contributed by atoms with E-state index in [1.54, 1.807) is 19.5 Å². The number of hydrogen-bond donors (Lipinski definition) is 2. The summed E-state index contributed by atoms with van der Waals surface area (Å²) in [6.45, 7) is 4.73.